The van der Waals surface area contributed by atoms with E-state index in [2.05, 4.69) is 15.4 Å². The van der Waals surface area contributed by atoms with Gasteiger partial charge in [-0.2, -0.15) is 5.10 Å². The zero-order valence-corrected chi connectivity index (χ0v) is 8.20. The average molecular weight is 199 g/mol. The Kier molecular flexibility index (Phi) is 1.58. The van der Waals surface area contributed by atoms with Crippen molar-refractivity contribution in [1.29, 1.82) is 0 Å². The summed E-state index contributed by atoms with van der Waals surface area (Å²) in [5, 5.41) is 11.9. The number of aryl methyl sites for hydroxylation is 1. The van der Waals surface area contributed by atoms with Crippen molar-refractivity contribution >= 4 is 5.52 Å². The molecule has 74 valence electrons. The monoisotopic (exact) mass is 199 g/mol. The van der Waals surface area contributed by atoms with Crippen molar-refractivity contribution in [1.82, 2.24) is 24.6 Å². The van der Waals surface area contributed by atoms with Crippen LogP contribution < -0.4 is 0 Å². The summed E-state index contributed by atoms with van der Waals surface area (Å²) in [5.41, 5.74) is 3.20. The van der Waals surface area contributed by atoms with E-state index >= 15 is 0 Å². The van der Waals surface area contributed by atoms with Crippen molar-refractivity contribution in [2.75, 3.05) is 0 Å². The van der Waals surface area contributed by atoms with E-state index in [1.165, 1.54) is 0 Å². The molecule has 0 bridgehead atoms. The smallest absolute Gasteiger partial charge is 0.0871 e. The van der Waals surface area contributed by atoms with Crippen LogP contribution in [0.1, 0.15) is 0 Å². The first-order chi connectivity index (χ1) is 7.33. The van der Waals surface area contributed by atoms with Gasteiger partial charge in [0.15, 0.2) is 0 Å². The van der Waals surface area contributed by atoms with Gasteiger partial charge in [0.25, 0.3) is 0 Å². The van der Waals surface area contributed by atoms with Crippen molar-refractivity contribution < 1.29 is 0 Å². The van der Waals surface area contributed by atoms with Crippen molar-refractivity contribution in [2.24, 2.45) is 7.05 Å². The van der Waals surface area contributed by atoms with Crippen LogP contribution in [0.15, 0.2) is 36.9 Å². The Morgan fingerprint density at radius 1 is 1.20 bits per heavy atom. The maximum Gasteiger partial charge on any atom is 0.0871 e. The highest BCUT2D eigenvalue weighted by Gasteiger charge is 2.02. The van der Waals surface area contributed by atoms with Crippen molar-refractivity contribution in [3.8, 4) is 11.1 Å². The second-order valence-corrected chi connectivity index (χ2v) is 3.42. The lowest BCUT2D eigenvalue weighted by molar-refractivity contribution is 0.768. The molecule has 0 N–H and O–H groups in total. The van der Waals surface area contributed by atoms with E-state index < -0.39 is 0 Å². The fraction of sp³-hybridized carbons (Fsp3) is 0.100. The zero-order chi connectivity index (χ0) is 10.3. The topological polar surface area (TPSA) is 48.0 Å². The molecule has 0 spiro atoms. The van der Waals surface area contributed by atoms with Crippen LogP contribution in [0.3, 0.4) is 0 Å². The van der Waals surface area contributed by atoms with Gasteiger partial charge < -0.3 is 0 Å². The number of fused-ring (bicyclic) bond motifs is 1. The molecule has 15 heavy (non-hydrogen) atoms. The summed E-state index contributed by atoms with van der Waals surface area (Å²) in [5.74, 6) is 0. The number of rotatable bonds is 1. The first-order valence-electron chi connectivity index (χ1n) is 4.62. The molecule has 0 fully saturated rings. The quantitative estimate of drug-likeness (QED) is 0.590. The Balaban J connectivity index is 2.18. The van der Waals surface area contributed by atoms with Crippen LogP contribution in [0, 0.1) is 0 Å². The molecule has 3 aromatic rings. The van der Waals surface area contributed by atoms with Crippen LogP contribution >= 0.6 is 0 Å². The standard InChI is InChI=1S/C10H9N5/c1-14-7-9(5-12-14)8-2-3-15-10(4-8)6-11-13-15/h2-7H,1H3. The molecular formula is C10H9N5. The maximum absolute atomic E-state index is 4.14. The summed E-state index contributed by atoms with van der Waals surface area (Å²) in [6.45, 7) is 0. The van der Waals surface area contributed by atoms with Gasteiger partial charge in [-0.3, -0.25) is 4.68 Å². The predicted octanol–water partition coefficient (Wildman–Crippen LogP) is 1.13. The van der Waals surface area contributed by atoms with Crippen LogP contribution in [-0.2, 0) is 7.05 Å². The average Bonchev–Trinajstić information content (AvgIpc) is 2.84. The molecule has 3 aromatic heterocycles. The summed E-state index contributed by atoms with van der Waals surface area (Å²) < 4.78 is 3.52. The molecule has 0 aliphatic heterocycles. The Bertz CT molecular complexity index is 607. The third-order valence-corrected chi connectivity index (χ3v) is 2.34. The summed E-state index contributed by atoms with van der Waals surface area (Å²) in [6.07, 6.45) is 7.45. The van der Waals surface area contributed by atoms with Crippen molar-refractivity contribution in [2.45, 2.75) is 0 Å². The van der Waals surface area contributed by atoms with Gasteiger partial charge in [0.1, 0.15) is 0 Å². The predicted molar refractivity (Wildman–Crippen MR) is 55.2 cm³/mol. The Labute approximate surface area is 86.0 Å². The fourth-order valence-corrected chi connectivity index (χ4v) is 1.58. The molecule has 0 aromatic carbocycles. The molecule has 0 saturated carbocycles. The molecular weight excluding hydrogens is 190 g/mol. The highest BCUT2D eigenvalue weighted by molar-refractivity contribution is 5.66. The summed E-state index contributed by atoms with van der Waals surface area (Å²) >= 11 is 0. The minimum Gasteiger partial charge on any atom is -0.275 e. The van der Waals surface area contributed by atoms with Crippen LogP contribution in [0.5, 0.6) is 0 Å². The number of hydrogen-bond donors (Lipinski definition) is 0. The molecule has 0 saturated heterocycles. The van der Waals surface area contributed by atoms with Crippen molar-refractivity contribution in [3.63, 3.8) is 0 Å². The number of pyridine rings is 1. The molecule has 0 radical (unpaired) electrons. The van der Waals surface area contributed by atoms with Gasteiger partial charge in [-0.1, -0.05) is 5.21 Å². The lowest BCUT2D eigenvalue weighted by Gasteiger charge is -1.97. The van der Waals surface area contributed by atoms with E-state index in [-0.39, 0.29) is 0 Å². The van der Waals surface area contributed by atoms with E-state index in [0.29, 0.717) is 0 Å². The van der Waals surface area contributed by atoms with E-state index in [1.807, 2.05) is 37.8 Å². The zero-order valence-electron chi connectivity index (χ0n) is 8.20. The minimum atomic E-state index is 0.983. The minimum absolute atomic E-state index is 0.983. The highest BCUT2D eigenvalue weighted by Crippen LogP contribution is 2.19. The Hall–Kier alpha value is -2.17. The largest absolute Gasteiger partial charge is 0.275 e. The molecule has 3 heterocycles. The third kappa shape index (κ3) is 1.28. The lowest BCUT2D eigenvalue weighted by Crippen LogP contribution is -1.86. The van der Waals surface area contributed by atoms with Crippen LogP contribution in [0.2, 0.25) is 0 Å². The molecule has 5 nitrogen and oxygen atoms in total. The molecule has 0 amide bonds. The number of nitrogens with zero attached hydrogens (tertiary/aromatic N) is 5. The number of aromatic nitrogens is 5. The molecule has 3 rings (SSSR count). The van der Waals surface area contributed by atoms with Crippen LogP contribution in [-0.4, -0.2) is 24.6 Å². The maximum atomic E-state index is 4.14. The van der Waals surface area contributed by atoms with Gasteiger partial charge in [-0.15, -0.1) is 5.10 Å². The second-order valence-electron chi connectivity index (χ2n) is 3.42. The lowest BCUT2D eigenvalue weighted by atomic mass is 10.1. The van der Waals surface area contributed by atoms with Gasteiger partial charge >= 0.3 is 0 Å². The summed E-state index contributed by atoms with van der Waals surface area (Å²) in [6, 6.07) is 4.04. The summed E-state index contributed by atoms with van der Waals surface area (Å²) in [4.78, 5) is 0. The third-order valence-electron chi connectivity index (χ3n) is 2.34. The molecule has 0 unspecified atom stereocenters. The first-order valence-corrected chi connectivity index (χ1v) is 4.62. The second kappa shape index (κ2) is 2.91. The van der Waals surface area contributed by atoms with Crippen LogP contribution in [0.4, 0.5) is 0 Å². The number of hydrogen-bond acceptors (Lipinski definition) is 3. The summed E-state index contributed by atoms with van der Waals surface area (Å²) in [7, 11) is 1.91. The van der Waals surface area contributed by atoms with Gasteiger partial charge in [0, 0.05) is 25.0 Å². The Morgan fingerprint density at radius 2 is 2.13 bits per heavy atom. The van der Waals surface area contributed by atoms with Gasteiger partial charge in [-0.25, -0.2) is 4.52 Å². The molecule has 0 atom stereocenters. The van der Waals surface area contributed by atoms with Crippen molar-refractivity contribution in [3.05, 3.63) is 36.9 Å². The normalized spacial score (nSPS) is 11.0. The molecule has 0 aliphatic rings. The van der Waals surface area contributed by atoms with E-state index in [0.717, 1.165) is 16.6 Å². The van der Waals surface area contributed by atoms with E-state index in [4.69, 9.17) is 0 Å². The SMILES string of the molecule is Cn1cc(-c2ccn3nncc3c2)cn1. The van der Waals surface area contributed by atoms with Gasteiger partial charge in [0.05, 0.1) is 17.9 Å². The molecule has 5 heteroatoms. The Morgan fingerprint density at radius 3 is 2.93 bits per heavy atom. The highest BCUT2D eigenvalue weighted by atomic mass is 15.4. The first kappa shape index (κ1) is 8.16. The van der Waals surface area contributed by atoms with E-state index in [9.17, 15) is 0 Å². The fourth-order valence-electron chi connectivity index (χ4n) is 1.58. The van der Waals surface area contributed by atoms with Gasteiger partial charge in [0.2, 0.25) is 0 Å². The van der Waals surface area contributed by atoms with Gasteiger partial charge in [-0.05, 0) is 17.7 Å². The molecule has 0 aliphatic carbocycles. The van der Waals surface area contributed by atoms with Crippen LogP contribution in [0.25, 0.3) is 16.6 Å². The van der Waals surface area contributed by atoms with E-state index in [1.54, 1.807) is 15.4 Å².